The van der Waals surface area contributed by atoms with Gasteiger partial charge in [0.15, 0.2) is 0 Å². The second-order valence-electron chi connectivity index (χ2n) is 6.76. The number of unbranched alkanes of at least 4 members (excludes halogenated alkanes) is 2. The number of anilines is 1. The molecule has 144 valence electrons. The van der Waals surface area contributed by atoms with Crippen molar-refractivity contribution >= 4 is 33.5 Å². The largest absolute Gasteiger partial charge is 0.478 e. The van der Waals surface area contributed by atoms with E-state index in [2.05, 4.69) is 16.5 Å². The predicted molar refractivity (Wildman–Crippen MR) is 115 cm³/mol. The minimum absolute atomic E-state index is 0.351. The minimum Gasteiger partial charge on any atom is -0.478 e. The van der Waals surface area contributed by atoms with E-state index in [1.54, 1.807) is 18.3 Å². The minimum atomic E-state index is -0.870. The highest BCUT2D eigenvalue weighted by Crippen LogP contribution is 2.18. The standard InChI is InChI=1S/C14H17NO2.C9H8N2/c1-2-3-4-8-15-9-7-11-10-12(14(16)17)5-6-13(11)15;10-8-5-7-3-1-2-4-9(7)11-6-8/h5-7,9-10H,2-4,8H2,1H3,(H,16,17);1-6H,10H2. The second kappa shape index (κ2) is 9.04. The van der Waals surface area contributed by atoms with Gasteiger partial charge in [0.05, 0.1) is 23.0 Å². The normalized spacial score (nSPS) is 10.6. The molecule has 0 radical (unpaired) electrons. The third kappa shape index (κ3) is 4.68. The summed E-state index contributed by atoms with van der Waals surface area (Å²) in [6, 6.07) is 17.1. The molecular formula is C23H25N3O2. The Labute approximate surface area is 164 Å². The molecule has 0 amide bonds. The number of hydrogen-bond acceptors (Lipinski definition) is 3. The predicted octanol–water partition coefficient (Wildman–Crippen LogP) is 5.35. The van der Waals surface area contributed by atoms with Crippen LogP contribution in [0.15, 0.2) is 67.0 Å². The van der Waals surface area contributed by atoms with Crippen LogP contribution in [0.1, 0.15) is 36.5 Å². The average molecular weight is 375 g/mol. The molecule has 0 atom stereocenters. The van der Waals surface area contributed by atoms with E-state index < -0.39 is 5.97 Å². The fourth-order valence-electron chi connectivity index (χ4n) is 3.15. The van der Waals surface area contributed by atoms with E-state index in [0.717, 1.165) is 28.4 Å². The number of aromatic nitrogens is 2. The van der Waals surface area contributed by atoms with Crippen LogP contribution >= 0.6 is 0 Å². The monoisotopic (exact) mass is 375 g/mol. The topological polar surface area (TPSA) is 81.1 Å². The summed E-state index contributed by atoms with van der Waals surface area (Å²) >= 11 is 0. The lowest BCUT2D eigenvalue weighted by molar-refractivity contribution is 0.0697. The first-order valence-corrected chi connectivity index (χ1v) is 9.51. The van der Waals surface area contributed by atoms with Crippen molar-refractivity contribution in [2.45, 2.75) is 32.7 Å². The Balaban J connectivity index is 0.000000176. The quantitative estimate of drug-likeness (QED) is 0.461. The molecule has 3 N–H and O–H groups in total. The van der Waals surface area contributed by atoms with E-state index in [1.807, 2.05) is 48.7 Å². The Bertz CT molecular complexity index is 1090. The molecule has 2 aromatic carbocycles. The van der Waals surface area contributed by atoms with Gasteiger partial charge in [-0.15, -0.1) is 0 Å². The Kier molecular flexibility index (Phi) is 6.27. The van der Waals surface area contributed by atoms with E-state index in [0.29, 0.717) is 11.3 Å². The Morgan fingerprint density at radius 3 is 2.68 bits per heavy atom. The van der Waals surface area contributed by atoms with Gasteiger partial charge in [-0.1, -0.05) is 38.0 Å². The van der Waals surface area contributed by atoms with Gasteiger partial charge < -0.3 is 15.4 Å². The highest BCUT2D eigenvalue weighted by atomic mass is 16.4. The van der Waals surface area contributed by atoms with Crippen LogP contribution in [0.5, 0.6) is 0 Å². The Morgan fingerprint density at radius 2 is 1.89 bits per heavy atom. The molecule has 0 aliphatic carbocycles. The van der Waals surface area contributed by atoms with Crippen LogP contribution in [0.3, 0.4) is 0 Å². The molecule has 0 aliphatic heterocycles. The summed E-state index contributed by atoms with van der Waals surface area (Å²) in [4.78, 5) is 15.0. The Hall–Kier alpha value is -3.34. The molecule has 4 aromatic rings. The number of rotatable bonds is 5. The molecule has 28 heavy (non-hydrogen) atoms. The average Bonchev–Trinajstić information content (AvgIpc) is 3.11. The van der Waals surface area contributed by atoms with Crippen LogP contribution in [-0.4, -0.2) is 20.6 Å². The van der Waals surface area contributed by atoms with Crippen LogP contribution in [0.25, 0.3) is 21.8 Å². The molecule has 0 aliphatic rings. The summed E-state index contributed by atoms with van der Waals surface area (Å²) in [5.41, 5.74) is 8.73. The molecule has 5 heteroatoms. The van der Waals surface area contributed by atoms with Gasteiger partial charge in [0.1, 0.15) is 0 Å². The van der Waals surface area contributed by atoms with Gasteiger partial charge in [-0.25, -0.2) is 4.79 Å². The van der Waals surface area contributed by atoms with Crippen molar-refractivity contribution in [2.24, 2.45) is 0 Å². The zero-order chi connectivity index (χ0) is 19.9. The highest BCUT2D eigenvalue weighted by Gasteiger charge is 2.06. The van der Waals surface area contributed by atoms with Crippen LogP contribution in [-0.2, 0) is 6.54 Å². The van der Waals surface area contributed by atoms with E-state index in [9.17, 15) is 4.79 Å². The molecule has 0 fully saturated rings. The van der Waals surface area contributed by atoms with E-state index in [4.69, 9.17) is 10.8 Å². The third-order valence-electron chi connectivity index (χ3n) is 4.63. The SMILES string of the molecule is CCCCCn1ccc2cc(C(=O)O)ccc21.Nc1cnc2ccccc2c1. The summed E-state index contributed by atoms with van der Waals surface area (Å²) < 4.78 is 2.19. The van der Waals surface area contributed by atoms with Gasteiger partial charge in [0, 0.05) is 29.0 Å². The van der Waals surface area contributed by atoms with Gasteiger partial charge in [0.25, 0.3) is 0 Å². The molecule has 4 rings (SSSR count). The van der Waals surface area contributed by atoms with E-state index in [1.165, 1.54) is 19.3 Å². The molecule has 0 bridgehead atoms. The van der Waals surface area contributed by atoms with Crippen molar-refractivity contribution in [1.29, 1.82) is 0 Å². The maximum Gasteiger partial charge on any atom is 0.335 e. The van der Waals surface area contributed by atoms with Crippen molar-refractivity contribution < 1.29 is 9.90 Å². The first-order chi connectivity index (χ1) is 13.6. The third-order valence-corrected chi connectivity index (χ3v) is 4.63. The lowest BCUT2D eigenvalue weighted by Gasteiger charge is -2.04. The number of nitrogens with zero attached hydrogens (tertiary/aromatic N) is 2. The number of nitrogens with two attached hydrogens (primary N) is 1. The number of carboxylic acid groups (broad SMARTS) is 1. The Morgan fingerprint density at radius 1 is 1.07 bits per heavy atom. The number of fused-ring (bicyclic) bond motifs is 2. The maximum atomic E-state index is 10.9. The number of carboxylic acids is 1. The summed E-state index contributed by atoms with van der Waals surface area (Å²) in [6.45, 7) is 3.19. The van der Waals surface area contributed by atoms with Crippen LogP contribution in [0.4, 0.5) is 5.69 Å². The first-order valence-electron chi connectivity index (χ1n) is 9.51. The molecule has 0 unspecified atom stereocenters. The summed E-state index contributed by atoms with van der Waals surface area (Å²) in [5.74, 6) is -0.870. The molecule has 0 saturated heterocycles. The fourth-order valence-corrected chi connectivity index (χ4v) is 3.15. The molecule has 5 nitrogen and oxygen atoms in total. The van der Waals surface area contributed by atoms with Crippen LogP contribution in [0.2, 0.25) is 0 Å². The summed E-state index contributed by atoms with van der Waals surface area (Å²) in [7, 11) is 0. The molecular weight excluding hydrogens is 350 g/mol. The number of para-hydroxylation sites is 1. The zero-order valence-corrected chi connectivity index (χ0v) is 16.0. The van der Waals surface area contributed by atoms with Crippen LogP contribution < -0.4 is 5.73 Å². The van der Waals surface area contributed by atoms with Crippen molar-refractivity contribution in [3.05, 3.63) is 72.6 Å². The van der Waals surface area contributed by atoms with Crippen LogP contribution in [0, 0.1) is 0 Å². The molecule has 0 saturated carbocycles. The molecule has 2 heterocycles. The lowest BCUT2D eigenvalue weighted by Crippen LogP contribution is -1.98. The maximum absolute atomic E-state index is 10.9. The number of aryl methyl sites for hydroxylation is 1. The van der Waals surface area contributed by atoms with Crippen molar-refractivity contribution in [1.82, 2.24) is 9.55 Å². The van der Waals surface area contributed by atoms with Gasteiger partial charge >= 0.3 is 5.97 Å². The smallest absolute Gasteiger partial charge is 0.335 e. The molecule has 0 spiro atoms. The van der Waals surface area contributed by atoms with Crippen molar-refractivity contribution in [3.8, 4) is 0 Å². The number of hydrogen-bond donors (Lipinski definition) is 2. The number of carbonyl (C=O) groups is 1. The highest BCUT2D eigenvalue weighted by molar-refractivity contribution is 5.93. The zero-order valence-electron chi connectivity index (χ0n) is 16.0. The van der Waals surface area contributed by atoms with Gasteiger partial charge in [-0.2, -0.15) is 0 Å². The summed E-state index contributed by atoms with van der Waals surface area (Å²) in [6.07, 6.45) is 7.31. The number of benzene rings is 2. The van der Waals surface area contributed by atoms with Gasteiger partial charge in [-0.05, 0) is 42.8 Å². The number of pyridine rings is 1. The lowest BCUT2D eigenvalue weighted by atomic mass is 10.1. The van der Waals surface area contributed by atoms with Crippen molar-refractivity contribution in [3.63, 3.8) is 0 Å². The number of aromatic carboxylic acids is 1. The van der Waals surface area contributed by atoms with Gasteiger partial charge in [0.2, 0.25) is 0 Å². The van der Waals surface area contributed by atoms with E-state index >= 15 is 0 Å². The molecule has 2 aromatic heterocycles. The van der Waals surface area contributed by atoms with E-state index in [-0.39, 0.29) is 0 Å². The van der Waals surface area contributed by atoms with Crippen molar-refractivity contribution in [2.75, 3.05) is 5.73 Å². The number of nitrogen functional groups attached to an aromatic ring is 1. The summed E-state index contributed by atoms with van der Waals surface area (Å²) in [5, 5.41) is 11.0. The first kappa shape index (κ1) is 19.4. The second-order valence-corrected chi connectivity index (χ2v) is 6.76. The van der Waals surface area contributed by atoms with Gasteiger partial charge in [-0.3, -0.25) is 4.98 Å². The fraction of sp³-hybridized carbons (Fsp3) is 0.217.